The van der Waals surface area contributed by atoms with Gasteiger partial charge in [-0.3, -0.25) is 4.79 Å². The van der Waals surface area contributed by atoms with Crippen molar-refractivity contribution >= 4 is 5.91 Å². The molecule has 1 atom stereocenters. The van der Waals surface area contributed by atoms with Gasteiger partial charge in [-0.25, -0.2) is 0 Å². The van der Waals surface area contributed by atoms with Crippen molar-refractivity contribution < 1.29 is 9.53 Å². The van der Waals surface area contributed by atoms with E-state index < -0.39 is 0 Å². The van der Waals surface area contributed by atoms with E-state index in [1.807, 2.05) is 6.92 Å². The van der Waals surface area contributed by atoms with E-state index in [1.165, 1.54) is 32.1 Å². The van der Waals surface area contributed by atoms with Crippen molar-refractivity contribution in [1.29, 1.82) is 0 Å². The summed E-state index contributed by atoms with van der Waals surface area (Å²) in [5.74, 6) is 0.0339. The third-order valence-electron chi connectivity index (χ3n) is 3.30. The van der Waals surface area contributed by atoms with Gasteiger partial charge in [-0.05, 0) is 19.3 Å². The van der Waals surface area contributed by atoms with Crippen molar-refractivity contribution in [3.63, 3.8) is 0 Å². The first kappa shape index (κ1) is 14.5. The minimum atomic E-state index is -0.0192. The normalized spacial score (nSPS) is 18.9. The summed E-state index contributed by atoms with van der Waals surface area (Å²) in [7, 11) is 0. The number of ether oxygens (including phenoxy) is 1. The Morgan fingerprint density at radius 3 is 2.76 bits per heavy atom. The van der Waals surface area contributed by atoms with E-state index in [0.29, 0.717) is 25.7 Å². The van der Waals surface area contributed by atoms with Gasteiger partial charge < -0.3 is 15.8 Å². The zero-order valence-electron chi connectivity index (χ0n) is 10.9. The van der Waals surface area contributed by atoms with Crippen LogP contribution >= 0.6 is 0 Å². The molecule has 0 saturated heterocycles. The Bertz CT molecular complexity index is 215. The van der Waals surface area contributed by atoms with Crippen LogP contribution in [0.15, 0.2) is 0 Å². The molecular weight excluding hydrogens is 216 g/mol. The molecule has 100 valence electrons. The van der Waals surface area contributed by atoms with E-state index in [1.54, 1.807) is 0 Å². The highest BCUT2D eigenvalue weighted by Gasteiger charge is 2.13. The highest BCUT2D eigenvalue weighted by Crippen LogP contribution is 2.19. The van der Waals surface area contributed by atoms with Gasteiger partial charge in [0, 0.05) is 19.0 Å². The van der Waals surface area contributed by atoms with Crippen molar-refractivity contribution in [2.24, 2.45) is 5.73 Å². The van der Waals surface area contributed by atoms with Crippen LogP contribution in [0.4, 0.5) is 0 Å². The number of nitrogens with one attached hydrogen (secondary N) is 1. The predicted molar refractivity (Wildman–Crippen MR) is 68.7 cm³/mol. The van der Waals surface area contributed by atoms with Gasteiger partial charge in [0.15, 0.2) is 0 Å². The fraction of sp³-hybridized carbons (Fsp3) is 0.923. The molecule has 0 radical (unpaired) electrons. The Morgan fingerprint density at radius 2 is 2.12 bits per heavy atom. The number of carbonyl (C=O) groups excluding carboxylic acids is 1. The van der Waals surface area contributed by atoms with Crippen molar-refractivity contribution in [3.8, 4) is 0 Å². The molecule has 1 fully saturated rings. The molecule has 1 aliphatic rings. The Kier molecular flexibility index (Phi) is 7.21. The van der Waals surface area contributed by atoms with Gasteiger partial charge in [0.05, 0.1) is 12.7 Å². The Hall–Kier alpha value is -0.610. The maximum absolute atomic E-state index is 11.4. The largest absolute Gasteiger partial charge is 0.376 e. The molecule has 1 unspecified atom stereocenters. The lowest BCUT2D eigenvalue weighted by Crippen LogP contribution is -2.33. The summed E-state index contributed by atoms with van der Waals surface area (Å²) in [6.07, 6.45) is 7.92. The van der Waals surface area contributed by atoms with E-state index in [9.17, 15) is 4.79 Å². The molecule has 0 aromatic heterocycles. The van der Waals surface area contributed by atoms with E-state index in [4.69, 9.17) is 10.5 Å². The fourth-order valence-electron chi connectivity index (χ4n) is 2.10. The Morgan fingerprint density at radius 1 is 1.41 bits per heavy atom. The lowest BCUT2D eigenvalue weighted by molar-refractivity contribution is -0.121. The molecule has 0 heterocycles. The maximum Gasteiger partial charge on any atom is 0.221 e. The standard InChI is InChI=1S/C13H26N2O2/c1-2-11(14)10-13(16)15-8-9-17-12-6-4-3-5-7-12/h11-12H,2-10,14H2,1H3,(H,15,16). The van der Waals surface area contributed by atoms with Crippen LogP contribution in [0.25, 0.3) is 0 Å². The molecule has 4 heteroatoms. The number of hydrogen-bond acceptors (Lipinski definition) is 3. The molecule has 1 saturated carbocycles. The summed E-state index contributed by atoms with van der Waals surface area (Å²) in [5.41, 5.74) is 5.70. The number of amides is 1. The highest BCUT2D eigenvalue weighted by atomic mass is 16.5. The quantitative estimate of drug-likeness (QED) is 0.666. The molecule has 0 spiro atoms. The Balaban J connectivity index is 1.97. The van der Waals surface area contributed by atoms with Crippen LogP contribution in [0, 0.1) is 0 Å². The molecule has 0 aromatic rings. The van der Waals surface area contributed by atoms with Crippen LogP contribution in [0.5, 0.6) is 0 Å². The number of hydrogen-bond donors (Lipinski definition) is 2. The van der Waals surface area contributed by atoms with E-state index in [-0.39, 0.29) is 11.9 Å². The lowest BCUT2D eigenvalue weighted by Gasteiger charge is -2.22. The van der Waals surface area contributed by atoms with Gasteiger partial charge in [-0.1, -0.05) is 26.2 Å². The fourth-order valence-corrected chi connectivity index (χ4v) is 2.10. The van der Waals surface area contributed by atoms with Crippen LogP contribution in [0.1, 0.15) is 51.9 Å². The monoisotopic (exact) mass is 242 g/mol. The zero-order valence-corrected chi connectivity index (χ0v) is 10.9. The minimum absolute atomic E-state index is 0.0192. The minimum Gasteiger partial charge on any atom is -0.376 e. The van der Waals surface area contributed by atoms with Gasteiger partial charge >= 0.3 is 0 Å². The molecular formula is C13H26N2O2. The smallest absolute Gasteiger partial charge is 0.221 e. The molecule has 17 heavy (non-hydrogen) atoms. The molecule has 0 bridgehead atoms. The number of rotatable bonds is 7. The zero-order chi connectivity index (χ0) is 12.5. The number of nitrogens with two attached hydrogens (primary N) is 1. The first-order valence-electron chi connectivity index (χ1n) is 6.86. The van der Waals surface area contributed by atoms with Crippen LogP contribution < -0.4 is 11.1 Å². The van der Waals surface area contributed by atoms with Crippen LogP contribution in [-0.4, -0.2) is 31.2 Å². The van der Waals surface area contributed by atoms with Crippen molar-refractivity contribution in [1.82, 2.24) is 5.32 Å². The highest BCUT2D eigenvalue weighted by molar-refractivity contribution is 5.76. The van der Waals surface area contributed by atoms with Gasteiger partial charge in [0.1, 0.15) is 0 Å². The molecule has 1 rings (SSSR count). The van der Waals surface area contributed by atoms with Gasteiger partial charge in [-0.15, -0.1) is 0 Å². The van der Waals surface area contributed by atoms with Crippen LogP contribution in [-0.2, 0) is 9.53 Å². The maximum atomic E-state index is 11.4. The molecule has 0 aromatic carbocycles. The van der Waals surface area contributed by atoms with Crippen molar-refractivity contribution in [2.75, 3.05) is 13.2 Å². The third kappa shape index (κ3) is 6.64. The van der Waals surface area contributed by atoms with Gasteiger partial charge in [0.2, 0.25) is 5.91 Å². The topological polar surface area (TPSA) is 64.4 Å². The van der Waals surface area contributed by atoms with Gasteiger partial charge in [0.25, 0.3) is 0 Å². The second kappa shape index (κ2) is 8.48. The van der Waals surface area contributed by atoms with E-state index in [2.05, 4.69) is 5.32 Å². The second-order valence-corrected chi connectivity index (χ2v) is 4.85. The Labute approximate surface area is 104 Å². The summed E-state index contributed by atoms with van der Waals surface area (Å²) < 4.78 is 5.72. The first-order valence-corrected chi connectivity index (χ1v) is 6.86. The first-order chi connectivity index (χ1) is 8.22. The summed E-state index contributed by atoms with van der Waals surface area (Å²) >= 11 is 0. The van der Waals surface area contributed by atoms with Crippen molar-refractivity contribution in [2.45, 2.75) is 64.0 Å². The molecule has 1 amide bonds. The van der Waals surface area contributed by atoms with Crippen LogP contribution in [0.3, 0.4) is 0 Å². The van der Waals surface area contributed by atoms with Crippen molar-refractivity contribution in [3.05, 3.63) is 0 Å². The summed E-state index contributed by atoms with van der Waals surface area (Å²) in [4.78, 5) is 11.4. The second-order valence-electron chi connectivity index (χ2n) is 4.85. The average Bonchev–Trinajstić information content (AvgIpc) is 2.36. The molecule has 3 N–H and O–H groups in total. The molecule has 0 aliphatic heterocycles. The molecule has 4 nitrogen and oxygen atoms in total. The number of carbonyl (C=O) groups is 1. The SMILES string of the molecule is CCC(N)CC(=O)NCCOC1CCCCC1. The van der Waals surface area contributed by atoms with E-state index in [0.717, 1.165) is 6.42 Å². The summed E-state index contributed by atoms with van der Waals surface area (Å²) in [6.45, 7) is 3.22. The average molecular weight is 242 g/mol. The molecule has 1 aliphatic carbocycles. The third-order valence-corrected chi connectivity index (χ3v) is 3.30. The van der Waals surface area contributed by atoms with Gasteiger partial charge in [-0.2, -0.15) is 0 Å². The van der Waals surface area contributed by atoms with E-state index >= 15 is 0 Å². The summed E-state index contributed by atoms with van der Waals surface area (Å²) in [5, 5.41) is 2.84. The lowest BCUT2D eigenvalue weighted by atomic mass is 9.98. The van der Waals surface area contributed by atoms with Crippen LogP contribution in [0.2, 0.25) is 0 Å². The predicted octanol–water partition coefficient (Wildman–Crippen LogP) is 1.58. The summed E-state index contributed by atoms with van der Waals surface area (Å²) in [6, 6.07) is -0.0192.